The van der Waals surface area contributed by atoms with Gasteiger partial charge in [0.05, 0.1) is 6.73 Å². The van der Waals surface area contributed by atoms with Gasteiger partial charge in [-0.3, -0.25) is 5.32 Å². The summed E-state index contributed by atoms with van der Waals surface area (Å²) in [5.41, 5.74) is 10.2. The monoisotopic (exact) mass is 413 g/mol. The number of hydrogen-bond donors (Lipinski definition) is 4. The van der Waals surface area contributed by atoms with Crippen molar-refractivity contribution in [1.29, 1.82) is 0 Å². The lowest BCUT2D eigenvalue weighted by Crippen LogP contribution is -2.38. The van der Waals surface area contributed by atoms with E-state index in [1.54, 1.807) is 0 Å². The largest absolute Gasteiger partial charge is 0.445 e. The number of alkyl carbamates (subject to hydrolysis) is 1. The van der Waals surface area contributed by atoms with Crippen LogP contribution in [-0.2, 0) is 9.47 Å². The summed E-state index contributed by atoms with van der Waals surface area (Å²) < 4.78 is 10.5. The number of benzene rings is 2. The molecule has 0 spiro atoms. The van der Waals surface area contributed by atoms with Crippen molar-refractivity contribution in [3.8, 4) is 11.1 Å². The summed E-state index contributed by atoms with van der Waals surface area (Å²) >= 11 is 0. The second kappa shape index (κ2) is 11.7. The average molecular weight is 414 g/mol. The Kier molecular flexibility index (Phi) is 8.65. The molecular formula is C23H31N3O4. The number of ether oxygens (including phenoxy) is 2. The minimum Gasteiger partial charge on any atom is -0.445 e. The highest BCUT2D eigenvalue weighted by Crippen LogP contribution is 2.43. The first-order valence-electron chi connectivity index (χ1n) is 10.5. The molecule has 0 heterocycles. The van der Waals surface area contributed by atoms with E-state index in [0.717, 1.165) is 19.3 Å². The molecule has 3 rings (SSSR count). The summed E-state index contributed by atoms with van der Waals surface area (Å²) in [5.74, 6) is 0.0840. The van der Waals surface area contributed by atoms with Crippen LogP contribution in [0.5, 0.6) is 0 Å². The molecule has 0 aromatic heterocycles. The van der Waals surface area contributed by atoms with Crippen molar-refractivity contribution < 1.29 is 19.4 Å². The van der Waals surface area contributed by atoms with E-state index in [1.165, 1.54) is 22.3 Å². The number of rotatable bonds is 12. The molecule has 0 aliphatic heterocycles. The standard InChI is InChI=1S/C23H31N3O4/c24-12-6-1-7-13-29-16-26-22(27)15-30-23(28)25-14-21-19-10-4-2-8-17(19)18-9-3-5-11-20(18)21/h2-5,8-11,21-22,26-27H,1,6-7,12-16,24H2,(H,25,28). The first-order chi connectivity index (χ1) is 14.7. The maximum Gasteiger partial charge on any atom is 0.407 e. The van der Waals surface area contributed by atoms with E-state index in [2.05, 4.69) is 34.9 Å². The zero-order chi connectivity index (χ0) is 21.2. The van der Waals surface area contributed by atoms with E-state index in [4.69, 9.17) is 15.2 Å². The predicted octanol–water partition coefficient (Wildman–Crippen LogP) is 2.54. The first kappa shape index (κ1) is 22.2. The van der Waals surface area contributed by atoms with Gasteiger partial charge in [-0.15, -0.1) is 0 Å². The summed E-state index contributed by atoms with van der Waals surface area (Å²) in [7, 11) is 0. The molecule has 30 heavy (non-hydrogen) atoms. The van der Waals surface area contributed by atoms with Gasteiger partial charge in [-0.05, 0) is 48.1 Å². The molecule has 162 valence electrons. The fourth-order valence-electron chi connectivity index (χ4n) is 3.68. The first-order valence-corrected chi connectivity index (χ1v) is 10.5. The van der Waals surface area contributed by atoms with Crippen molar-refractivity contribution in [1.82, 2.24) is 10.6 Å². The van der Waals surface area contributed by atoms with E-state index in [9.17, 15) is 9.90 Å². The Morgan fingerprint density at radius 3 is 2.37 bits per heavy atom. The highest BCUT2D eigenvalue weighted by atomic mass is 16.6. The van der Waals surface area contributed by atoms with Crippen molar-refractivity contribution >= 4 is 6.09 Å². The Bertz CT molecular complexity index is 769. The van der Waals surface area contributed by atoms with Crippen molar-refractivity contribution in [3.63, 3.8) is 0 Å². The number of hydrogen-bond acceptors (Lipinski definition) is 6. The van der Waals surface area contributed by atoms with Gasteiger partial charge < -0.3 is 25.6 Å². The van der Waals surface area contributed by atoms with Gasteiger partial charge >= 0.3 is 6.09 Å². The Morgan fingerprint density at radius 1 is 1.03 bits per heavy atom. The lowest BCUT2D eigenvalue weighted by molar-refractivity contribution is 0.0126. The van der Waals surface area contributed by atoms with Crippen molar-refractivity contribution in [2.75, 3.05) is 33.0 Å². The Hall–Kier alpha value is -2.45. The third kappa shape index (κ3) is 6.03. The number of carbonyl (C=O) groups is 1. The minimum absolute atomic E-state index is 0.0840. The normalized spacial score (nSPS) is 13.5. The van der Waals surface area contributed by atoms with Gasteiger partial charge in [0.15, 0.2) is 0 Å². The highest BCUT2D eigenvalue weighted by Gasteiger charge is 2.28. The molecule has 2 aromatic rings. The van der Waals surface area contributed by atoms with E-state index in [1.807, 2.05) is 24.3 Å². The molecule has 0 saturated heterocycles. The molecule has 0 saturated carbocycles. The molecule has 0 bridgehead atoms. The number of carbonyl (C=O) groups excluding carboxylic acids is 1. The van der Waals surface area contributed by atoms with Gasteiger partial charge in [-0.2, -0.15) is 0 Å². The predicted molar refractivity (Wildman–Crippen MR) is 116 cm³/mol. The molecular weight excluding hydrogens is 382 g/mol. The molecule has 1 amide bonds. The zero-order valence-corrected chi connectivity index (χ0v) is 17.2. The van der Waals surface area contributed by atoms with Crippen LogP contribution in [0, 0.1) is 0 Å². The SMILES string of the molecule is NCCCCCOCNC(O)COC(=O)NCC1c2ccccc2-c2ccccc21. The molecule has 2 aromatic carbocycles. The quantitative estimate of drug-likeness (QED) is 0.315. The van der Waals surface area contributed by atoms with Crippen LogP contribution < -0.4 is 16.4 Å². The number of nitrogens with two attached hydrogens (primary N) is 1. The van der Waals surface area contributed by atoms with Crippen LogP contribution in [0.2, 0.25) is 0 Å². The van der Waals surface area contributed by atoms with Gasteiger partial charge in [-0.1, -0.05) is 48.5 Å². The summed E-state index contributed by atoms with van der Waals surface area (Å²) in [6.07, 6.45) is 1.41. The van der Waals surface area contributed by atoms with Crippen LogP contribution in [0.15, 0.2) is 48.5 Å². The topological polar surface area (TPSA) is 106 Å². The van der Waals surface area contributed by atoms with Crippen molar-refractivity contribution in [2.45, 2.75) is 31.4 Å². The Labute approximate surface area is 177 Å². The van der Waals surface area contributed by atoms with Crippen molar-refractivity contribution in [2.24, 2.45) is 5.73 Å². The number of fused-ring (bicyclic) bond motifs is 3. The number of aliphatic hydroxyl groups excluding tert-OH is 1. The molecule has 1 aliphatic carbocycles. The maximum absolute atomic E-state index is 12.1. The summed E-state index contributed by atoms with van der Waals surface area (Å²) in [6.45, 7) is 1.77. The molecule has 0 radical (unpaired) electrons. The van der Waals surface area contributed by atoms with E-state index >= 15 is 0 Å². The molecule has 1 atom stereocenters. The van der Waals surface area contributed by atoms with Gasteiger partial charge in [-0.25, -0.2) is 4.79 Å². The van der Waals surface area contributed by atoms with E-state index in [0.29, 0.717) is 19.7 Å². The number of nitrogens with one attached hydrogen (secondary N) is 2. The lowest BCUT2D eigenvalue weighted by atomic mass is 9.97. The average Bonchev–Trinajstić information content (AvgIpc) is 3.09. The van der Waals surface area contributed by atoms with Gasteiger partial charge in [0.1, 0.15) is 12.8 Å². The molecule has 7 heteroatoms. The minimum atomic E-state index is -0.979. The van der Waals surface area contributed by atoms with E-state index in [-0.39, 0.29) is 19.3 Å². The molecule has 1 aliphatic rings. The number of amides is 1. The third-order valence-corrected chi connectivity index (χ3v) is 5.20. The molecule has 1 unspecified atom stereocenters. The fraction of sp³-hybridized carbons (Fsp3) is 0.435. The van der Waals surface area contributed by atoms with Crippen LogP contribution in [0.25, 0.3) is 11.1 Å². The molecule has 5 N–H and O–H groups in total. The van der Waals surface area contributed by atoms with Crippen LogP contribution in [0.3, 0.4) is 0 Å². The summed E-state index contributed by atoms with van der Waals surface area (Å²) in [6, 6.07) is 16.5. The highest BCUT2D eigenvalue weighted by molar-refractivity contribution is 5.79. The van der Waals surface area contributed by atoms with Crippen LogP contribution in [0.1, 0.15) is 36.3 Å². The third-order valence-electron chi connectivity index (χ3n) is 5.20. The molecule has 0 fully saturated rings. The van der Waals surface area contributed by atoms with Gasteiger partial charge in [0.25, 0.3) is 0 Å². The number of aliphatic hydroxyl groups is 1. The Morgan fingerprint density at radius 2 is 1.70 bits per heavy atom. The maximum atomic E-state index is 12.1. The fourth-order valence-corrected chi connectivity index (χ4v) is 3.68. The smallest absolute Gasteiger partial charge is 0.407 e. The number of unbranched alkanes of at least 4 members (excludes halogenated alkanes) is 2. The second-order valence-corrected chi connectivity index (χ2v) is 7.33. The Balaban J connectivity index is 1.37. The van der Waals surface area contributed by atoms with Crippen LogP contribution in [-0.4, -0.2) is 50.5 Å². The summed E-state index contributed by atoms with van der Waals surface area (Å²) in [4.78, 5) is 12.1. The lowest BCUT2D eigenvalue weighted by Gasteiger charge is -2.16. The van der Waals surface area contributed by atoms with Gasteiger partial charge in [0, 0.05) is 19.1 Å². The summed E-state index contributed by atoms with van der Waals surface area (Å²) in [5, 5.41) is 15.4. The molecule has 7 nitrogen and oxygen atoms in total. The van der Waals surface area contributed by atoms with Gasteiger partial charge in [0.2, 0.25) is 0 Å². The van der Waals surface area contributed by atoms with Crippen LogP contribution in [0.4, 0.5) is 4.79 Å². The van der Waals surface area contributed by atoms with E-state index < -0.39 is 12.3 Å². The zero-order valence-electron chi connectivity index (χ0n) is 17.2. The van der Waals surface area contributed by atoms with Crippen LogP contribution >= 0.6 is 0 Å². The van der Waals surface area contributed by atoms with Crippen molar-refractivity contribution in [3.05, 3.63) is 59.7 Å². The second-order valence-electron chi connectivity index (χ2n) is 7.33.